The molecule has 1 heterocycles. The molecule has 0 bridgehead atoms. The number of hydrogen-bond acceptors (Lipinski definition) is 4. The normalized spacial score (nSPS) is 18.1. The number of piperidine rings is 1. The maximum absolute atomic E-state index is 10.7. The number of rotatable bonds is 5. The van der Waals surface area contributed by atoms with Crippen molar-refractivity contribution in [2.24, 2.45) is 0 Å². The summed E-state index contributed by atoms with van der Waals surface area (Å²) in [6.45, 7) is 3.48. The first-order valence-corrected chi connectivity index (χ1v) is 6.78. The molecular formula is C14H21ClN2O3. The van der Waals surface area contributed by atoms with Crippen molar-refractivity contribution < 1.29 is 9.66 Å². The van der Waals surface area contributed by atoms with E-state index in [1.54, 1.807) is 19.1 Å². The molecule has 1 aromatic rings. The molecule has 0 aromatic heterocycles. The third-order valence-corrected chi connectivity index (χ3v) is 3.51. The number of aryl methyl sites for hydroxylation is 1. The average molecular weight is 301 g/mol. The van der Waals surface area contributed by atoms with E-state index in [9.17, 15) is 10.1 Å². The number of benzene rings is 1. The average Bonchev–Trinajstić information content (AvgIpc) is 2.39. The van der Waals surface area contributed by atoms with E-state index < -0.39 is 0 Å². The predicted octanol–water partition coefficient (Wildman–Crippen LogP) is 3.24. The van der Waals surface area contributed by atoms with Gasteiger partial charge in [-0.3, -0.25) is 10.1 Å². The monoisotopic (exact) mass is 300 g/mol. The fourth-order valence-electron chi connectivity index (χ4n) is 2.41. The van der Waals surface area contributed by atoms with Crippen molar-refractivity contribution in [1.29, 1.82) is 0 Å². The van der Waals surface area contributed by atoms with E-state index in [0.717, 1.165) is 13.0 Å². The number of hydrogen-bond donors (Lipinski definition) is 1. The van der Waals surface area contributed by atoms with Gasteiger partial charge in [0.25, 0.3) is 5.69 Å². The van der Waals surface area contributed by atoms with Gasteiger partial charge < -0.3 is 10.1 Å². The number of nitro benzene ring substituents is 1. The van der Waals surface area contributed by atoms with Crippen LogP contribution in [0.1, 0.15) is 31.2 Å². The third-order valence-electron chi connectivity index (χ3n) is 3.51. The minimum Gasteiger partial charge on any atom is -0.494 e. The highest BCUT2D eigenvalue weighted by Crippen LogP contribution is 2.23. The zero-order chi connectivity index (χ0) is 13.7. The van der Waals surface area contributed by atoms with Crippen molar-refractivity contribution in [2.45, 2.75) is 38.6 Å². The largest absolute Gasteiger partial charge is 0.494 e. The predicted molar refractivity (Wildman–Crippen MR) is 80.8 cm³/mol. The van der Waals surface area contributed by atoms with Crippen molar-refractivity contribution in [1.82, 2.24) is 5.32 Å². The van der Waals surface area contributed by atoms with E-state index in [1.165, 1.54) is 25.3 Å². The van der Waals surface area contributed by atoms with Gasteiger partial charge in [-0.1, -0.05) is 6.42 Å². The van der Waals surface area contributed by atoms with Crippen LogP contribution in [0.2, 0.25) is 0 Å². The Morgan fingerprint density at radius 2 is 2.25 bits per heavy atom. The second kappa shape index (κ2) is 8.07. The Kier molecular flexibility index (Phi) is 6.75. The first kappa shape index (κ1) is 16.7. The zero-order valence-electron chi connectivity index (χ0n) is 11.6. The van der Waals surface area contributed by atoms with Crippen molar-refractivity contribution in [2.75, 3.05) is 13.2 Å². The Balaban J connectivity index is 0.00000200. The lowest BCUT2D eigenvalue weighted by atomic mass is 10.0. The Hall–Kier alpha value is -1.33. The van der Waals surface area contributed by atoms with Crippen molar-refractivity contribution >= 4 is 18.1 Å². The fraction of sp³-hybridized carbons (Fsp3) is 0.571. The van der Waals surface area contributed by atoms with Crippen LogP contribution in [0.25, 0.3) is 0 Å². The van der Waals surface area contributed by atoms with Crippen LogP contribution in [0.4, 0.5) is 5.69 Å². The summed E-state index contributed by atoms with van der Waals surface area (Å²) < 4.78 is 5.66. The molecule has 1 unspecified atom stereocenters. The first-order valence-electron chi connectivity index (χ1n) is 6.78. The molecule has 1 aromatic carbocycles. The van der Waals surface area contributed by atoms with Crippen LogP contribution in [-0.2, 0) is 0 Å². The molecule has 1 aliphatic rings. The second-order valence-corrected chi connectivity index (χ2v) is 4.99. The number of halogens is 1. The Morgan fingerprint density at radius 1 is 1.45 bits per heavy atom. The van der Waals surface area contributed by atoms with E-state index in [4.69, 9.17) is 4.74 Å². The Labute approximate surface area is 125 Å². The van der Waals surface area contributed by atoms with Gasteiger partial charge in [-0.15, -0.1) is 12.4 Å². The lowest BCUT2D eigenvalue weighted by Crippen LogP contribution is -2.35. The molecule has 2 rings (SSSR count). The van der Waals surface area contributed by atoms with Gasteiger partial charge >= 0.3 is 0 Å². The number of nitrogens with zero attached hydrogens (tertiary/aromatic N) is 1. The van der Waals surface area contributed by atoms with E-state index in [-0.39, 0.29) is 23.0 Å². The summed E-state index contributed by atoms with van der Waals surface area (Å²) in [5.41, 5.74) is 0.777. The molecule has 5 nitrogen and oxygen atoms in total. The van der Waals surface area contributed by atoms with Crippen LogP contribution in [0.15, 0.2) is 18.2 Å². The molecule has 0 saturated carbocycles. The summed E-state index contributed by atoms with van der Waals surface area (Å²) in [4.78, 5) is 10.3. The van der Waals surface area contributed by atoms with E-state index >= 15 is 0 Å². The summed E-state index contributed by atoms with van der Waals surface area (Å²) in [6, 6.07) is 5.45. The van der Waals surface area contributed by atoms with Crippen molar-refractivity contribution in [3.05, 3.63) is 33.9 Å². The molecule has 1 atom stereocenters. The van der Waals surface area contributed by atoms with Gasteiger partial charge in [-0.2, -0.15) is 0 Å². The van der Waals surface area contributed by atoms with Gasteiger partial charge in [-0.25, -0.2) is 0 Å². The van der Waals surface area contributed by atoms with Gasteiger partial charge in [-0.05, 0) is 44.9 Å². The maximum atomic E-state index is 10.7. The first-order chi connectivity index (χ1) is 9.16. The van der Waals surface area contributed by atoms with Crippen LogP contribution in [0.3, 0.4) is 0 Å². The van der Waals surface area contributed by atoms with E-state index in [1.807, 2.05) is 0 Å². The second-order valence-electron chi connectivity index (χ2n) is 4.99. The topological polar surface area (TPSA) is 64.4 Å². The molecule has 0 radical (unpaired) electrons. The fourth-order valence-corrected chi connectivity index (χ4v) is 2.41. The smallest absolute Gasteiger partial charge is 0.272 e. The Morgan fingerprint density at radius 3 is 2.85 bits per heavy atom. The molecule has 0 aliphatic carbocycles. The molecular weight excluding hydrogens is 280 g/mol. The molecule has 6 heteroatoms. The number of ether oxygens (including phenoxy) is 1. The van der Waals surface area contributed by atoms with E-state index in [0.29, 0.717) is 24.0 Å². The molecule has 1 saturated heterocycles. The molecule has 0 amide bonds. The lowest BCUT2D eigenvalue weighted by Gasteiger charge is -2.23. The highest BCUT2D eigenvalue weighted by Gasteiger charge is 2.13. The summed E-state index contributed by atoms with van der Waals surface area (Å²) >= 11 is 0. The van der Waals surface area contributed by atoms with Gasteiger partial charge in [0.05, 0.1) is 11.5 Å². The highest BCUT2D eigenvalue weighted by molar-refractivity contribution is 5.85. The quantitative estimate of drug-likeness (QED) is 0.670. The van der Waals surface area contributed by atoms with Crippen LogP contribution >= 0.6 is 12.4 Å². The summed E-state index contributed by atoms with van der Waals surface area (Å²) in [7, 11) is 0. The highest BCUT2D eigenvalue weighted by atomic mass is 35.5. The Bertz CT molecular complexity index is 448. The maximum Gasteiger partial charge on any atom is 0.272 e. The van der Waals surface area contributed by atoms with Crippen LogP contribution < -0.4 is 10.1 Å². The van der Waals surface area contributed by atoms with Gasteiger partial charge in [0.1, 0.15) is 5.75 Å². The number of nitrogens with one attached hydrogen (secondary N) is 1. The molecule has 0 spiro atoms. The molecule has 20 heavy (non-hydrogen) atoms. The SMILES string of the molecule is Cc1cc(OCCC2CCCCN2)ccc1[N+](=O)[O-].Cl. The molecule has 1 N–H and O–H groups in total. The zero-order valence-corrected chi connectivity index (χ0v) is 12.4. The van der Waals surface area contributed by atoms with Gasteiger partial charge in [0.2, 0.25) is 0 Å². The van der Waals surface area contributed by atoms with Crippen LogP contribution in [0, 0.1) is 17.0 Å². The molecule has 1 aliphatic heterocycles. The molecule has 112 valence electrons. The van der Waals surface area contributed by atoms with Crippen LogP contribution in [0.5, 0.6) is 5.75 Å². The van der Waals surface area contributed by atoms with E-state index in [2.05, 4.69) is 5.32 Å². The lowest BCUT2D eigenvalue weighted by molar-refractivity contribution is -0.385. The van der Waals surface area contributed by atoms with Crippen LogP contribution in [-0.4, -0.2) is 24.1 Å². The summed E-state index contributed by atoms with van der Waals surface area (Å²) in [5.74, 6) is 0.707. The summed E-state index contributed by atoms with van der Waals surface area (Å²) in [6.07, 6.45) is 4.74. The summed E-state index contributed by atoms with van der Waals surface area (Å²) in [5, 5.41) is 14.2. The van der Waals surface area contributed by atoms with Crippen molar-refractivity contribution in [3.63, 3.8) is 0 Å². The minimum atomic E-state index is -0.370. The number of nitro groups is 1. The van der Waals surface area contributed by atoms with Gasteiger partial charge in [0, 0.05) is 17.7 Å². The minimum absolute atomic E-state index is 0. The van der Waals surface area contributed by atoms with Gasteiger partial charge in [0.15, 0.2) is 0 Å². The molecule has 1 fully saturated rings. The standard InChI is InChI=1S/C14H20N2O3.ClH/c1-11-10-13(5-6-14(11)16(17)18)19-9-7-12-4-2-3-8-15-12;/h5-6,10,12,15H,2-4,7-9H2,1H3;1H. The van der Waals surface area contributed by atoms with Crippen molar-refractivity contribution in [3.8, 4) is 5.75 Å². The third kappa shape index (κ3) is 4.65.